The van der Waals surface area contributed by atoms with Crippen molar-refractivity contribution in [3.63, 3.8) is 0 Å². The topological polar surface area (TPSA) is 87.8 Å². The molecule has 0 aromatic heterocycles. The van der Waals surface area contributed by atoms with Gasteiger partial charge in [-0.2, -0.15) is 0 Å². The van der Waals surface area contributed by atoms with Crippen LogP contribution in [0.3, 0.4) is 0 Å². The molecule has 2 aromatic rings. The molecule has 1 amide bonds. The first-order valence-corrected chi connectivity index (χ1v) is 11.2. The molecule has 0 saturated heterocycles. The summed E-state index contributed by atoms with van der Waals surface area (Å²) in [6.07, 6.45) is 3.15. The number of amidine groups is 1. The highest BCUT2D eigenvalue weighted by Crippen LogP contribution is 2.32. The van der Waals surface area contributed by atoms with Gasteiger partial charge in [0.25, 0.3) is 0 Å². The first-order valence-electron chi connectivity index (χ1n) is 11.2. The van der Waals surface area contributed by atoms with Gasteiger partial charge in [0.2, 0.25) is 5.91 Å². The van der Waals surface area contributed by atoms with Crippen LogP contribution in [0.25, 0.3) is 17.2 Å². The molecule has 0 radical (unpaired) electrons. The van der Waals surface area contributed by atoms with Crippen molar-refractivity contribution in [2.24, 2.45) is 10.7 Å². The molecular formula is C26H32N4O2. The van der Waals surface area contributed by atoms with E-state index >= 15 is 0 Å². The second-order valence-corrected chi connectivity index (χ2v) is 8.00. The number of hydrogen-bond donors (Lipinski definition) is 2. The number of likely N-dealkylation sites (N-methyl/N-ethyl adjacent to an activating group) is 1. The molecule has 0 saturated carbocycles. The zero-order valence-electron chi connectivity index (χ0n) is 19.1. The van der Waals surface area contributed by atoms with Crippen molar-refractivity contribution in [1.82, 2.24) is 10.2 Å². The number of Topliss-reactive ketones (excluding diaryl/α,β-unsaturated/α-hetero) is 1. The molecule has 0 unspecified atom stereocenters. The quantitative estimate of drug-likeness (QED) is 0.460. The molecule has 6 nitrogen and oxygen atoms in total. The highest BCUT2D eigenvalue weighted by Gasteiger charge is 2.21. The second kappa shape index (κ2) is 10.9. The lowest BCUT2D eigenvalue weighted by atomic mass is 9.99. The predicted octanol–water partition coefficient (Wildman–Crippen LogP) is 4.18. The number of fused-ring (bicyclic) bond motifs is 1. The normalized spacial score (nSPS) is 13.0. The number of amides is 1. The van der Waals surface area contributed by atoms with Gasteiger partial charge in [0.15, 0.2) is 5.78 Å². The minimum atomic E-state index is 0.0136. The van der Waals surface area contributed by atoms with E-state index in [4.69, 9.17) is 5.73 Å². The van der Waals surface area contributed by atoms with Gasteiger partial charge in [0, 0.05) is 42.8 Å². The van der Waals surface area contributed by atoms with E-state index in [1.807, 2.05) is 53.4 Å². The zero-order chi connectivity index (χ0) is 23.1. The lowest BCUT2D eigenvalue weighted by molar-refractivity contribution is -0.127. The van der Waals surface area contributed by atoms with Crippen molar-refractivity contribution in [2.75, 3.05) is 26.2 Å². The number of nitrogens with two attached hydrogens (primary N) is 1. The van der Waals surface area contributed by atoms with Crippen molar-refractivity contribution < 1.29 is 9.59 Å². The average molecular weight is 433 g/mol. The van der Waals surface area contributed by atoms with Crippen molar-refractivity contribution in [1.29, 1.82) is 0 Å². The molecule has 0 spiro atoms. The standard InChI is InChI=1S/C26H32N4O2/c1-4-13-30(14-12-28-5-2)26(32)23-15-22-11-10-21(16-24(22)29-25(27)17-23)20-8-6-19(7-9-20)18(3)31/h6-11,15-16,28H,4-5,12-14,17H2,1-3H3,(H2,27,29). The Morgan fingerprint density at radius 2 is 1.78 bits per heavy atom. The Bertz CT molecular complexity index is 1040. The molecule has 3 rings (SSSR count). The highest BCUT2D eigenvalue weighted by atomic mass is 16.2. The molecule has 1 aliphatic heterocycles. The van der Waals surface area contributed by atoms with Gasteiger partial charge in [-0.25, -0.2) is 4.99 Å². The molecule has 1 heterocycles. The number of nitrogens with one attached hydrogen (secondary N) is 1. The number of benzene rings is 2. The van der Waals surface area contributed by atoms with E-state index in [1.54, 1.807) is 6.92 Å². The van der Waals surface area contributed by atoms with E-state index in [0.717, 1.165) is 41.9 Å². The van der Waals surface area contributed by atoms with Gasteiger partial charge < -0.3 is 16.0 Å². The van der Waals surface area contributed by atoms with Crippen LogP contribution >= 0.6 is 0 Å². The fourth-order valence-corrected chi connectivity index (χ4v) is 3.78. The maximum atomic E-state index is 13.3. The number of hydrogen-bond acceptors (Lipinski definition) is 5. The summed E-state index contributed by atoms with van der Waals surface area (Å²) in [5.41, 5.74) is 11.1. The summed E-state index contributed by atoms with van der Waals surface area (Å²) in [6, 6.07) is 13.5. The Morgan fingerprint density at radius 1 is 1.06 bits per heavy atom. The summed E-state index contributed by atoms with van der Waals surface area (Å²) < 4.78 is 0. The Labute approximate surface area is 190 Å². The summed E-state index contributed by atoms with van der Waals surface area (Å²) >= 11 is 0. The van der Waals surface area contributed by atoms with Gasteiger partial charge in [0.05, 0.1) is 5.69 Å². The van der Waals surface area contributed by atoms with Gasteiger partial charge in [-0.15, -0.1) is 0 Å². The number of aliphatic imine (C=N–C) groups is 1. The predicted molar refractivity (Wildman–Crippen MR) is 131 cm³/mol. The fourth-order valence-electron chi connectivity index (χ4n) is 3.78. The Kier molecular flexibility index (Phi) is 7.95. The fraction of sp³-hybridized carbons (Fsp3) is 0.346. The van der Waals surface area contributed by atoms with Gasteiger partial charge in [-0.05, 0) is 43.2 Å². The van der Waals surface area contributed by atoms with E-state index in [9.17, 15) is 9.59 Å². The van der Waals surface area contributed by atoms with Crippen molar-refractivity contribution >= 4 is 29.3 Å². The number of rotatable bonds is 9. The van der Waals surface area contributed by atoms with Crippen LogP contribution in [0.4, 0.5) is 5.69 Å². The molecule has 32 heavy (non-hydrogen) atoms. The monoisotopic (exact) mass is 432 g/mol. The molecule has 1 aliphatic rings. The molecule has 0 fully saturated rings. The van der Waals surface area contributed by atoms with E-state index in [0.29, 0.717) is 36.5 Å². The molecule has 0 aliphatic carbocycles. The van der Waals surface area contributed by atoms with Gasteiger partial charge in [-0.1, -0.05) is 50.2 Å². The highest BCUT2D eigenvalue weighted by molar-refractivity contribution is 6.05. The minimum Gasteiger partial charge on any atom is -0.387 e. The van der Waals surface area contributed by atoms with Crippen LogP contribution in [0.1, 0.15) is 49.5 Å². The first-order chi connectivity index (χ1) is 15.4. The van der Waals surface area contributed by atoms with Crippen molar-refractivity contribution in [3.05, 3.63) is 59.2 Å². The maximum Gasteiger partial charge on any atom is 0.250 e. The third kappa shape index (κ3) is 5.71. The van der Waals surface area contributed by atoms with Crippen LogP contribution in [0, 0.1) is 0 Å². The van der Waals surface area contributed by atoms with Gasteiger partial charge in [0.1, 0.15) is 5.84 Å². The summed E-state index contributed by atoms with van der Waals surface area (Å²) in [5.74, 6) is 0.482. The van der Waals surface area contributed by atoms with E-state index in [-0.39, 0.29) is 11.7 Å². The van der Waals surface area contributed by atoms with Crippen LogP contribution in [-0.4, -0.2) is 48.6 Å². The third-order valence-electron chi connectivity index (χ3n) is 5.48. The molecular weight excluding hydrogens is 400 g/mol. The van der Waals surface area contributed by atoms with Gasteiger partial charge >= 0.3 is 0 Å². The molecule has 3 N–H and O–H groups in total. The van der Waals surface area contributed by atoms with E-state index in [1.165, 1.54) is 0 Å². The Balaban J connectivity index is 1.89. The molecule has 6 heteroatoms. The van der Waals surface area contributed by atoms with Gasteiger partial charge in [-0.3, -0.25) is 9.59 Å². The van der Waals surface area contributed by atoms with E-state index < -0.39 is 0 Å². The number of carbonyl (C=O) groups excluding carboxylic acids is 2. The smallest absolute Gasteiger partial charge is 0.250 e. The summed E-state index contributed by atoms with van der Waals surface area (Å²) in [4.78, 5) is 31.3. The van der Waals surface area contributed by atoms with Crippen LogP contribution in [0.2, 0.25) is 0 Å². The third-order valence-corrected chi connectivity index (χ3v) is 5.48. The number of nitrogens with zero attached hydrogens (tertiary/aromatic N) is 2. The van der Waals surface area contributed by atoms with Crippen LogP contribution in [0.15, 0.2) is 53.0 Å². The lowest BCUT2D eigenvalue weighted by Crippen LogP contribution is -2.38. The molecule has 2 aromatic carbocycles. The minimum absolute atomic E-state index is 0.0136. The number of ketones is 1. The number of carbonyl (C=O) groups is 2. The van der Waals surface area contributed by atoms with Crippen LogP contribution < -0.4 is 11.1 Å². The maximum absolute atomic E-state index is 13.3. The summed E-state index contributed by atoms with van der Waals surface area (Å²) in [5, 5.41) is 3.28. The Morgan fingerprint density at radius 3 is 2.44 bits per heavy atom. The largest absolute Gasteiger partial charge is 0.387 e. The van der Waals surface area contributed by atoms with Crippen molar-refractivity contribution in [2.45, 2.75) is 33.6 Å². The van der Waals surface area contributed by atoms with Crippen LogP contribution in [0.5, 0.6) is 0 Å². The SMILES string of the molecule is CCCN(CCNCC)C(=O)C1=Cc2ccc(-c3ccc(C(C)=O)cc3)cc2N=C(N)C1. The van der Waals surface area contributed by atoms with E-state index in [2.05, 4.69) is 24.2 Å². The lowest BCUT2D eigenvalue weighted by Gasteiger charge is -2.23. The van der Waals surface area contributed by atoms with Crippen molar-refractivity contribution in [3.8, 4) is 11.1 Å². The average Bonchev–Trinajstić information content (AvgIpc) is 2.95. The molecule has 0 atom stereocenters. The first kappa shape index (κ1) is 23.4. The Hall–Kier alpha value is -3.25. The zero-order valence-corrected chi connectivity index (χ0v) is 19.1. The van der Waals surface area contributed by atoms with Crippen LogP contribution in [-0.2, 0) is 4.79 Å². The molecule has 0 bridgehead atoms. The molecule has 168 valence electrons. The second-order valence-electron chi connectivity index (χ2n) is 8.00. The summed E-state index contributed by atoms with van der Waals surface area (Å²) in [7, 11) is 0. The summed E-state index contributed by atoms with van der Waals surface area (Å²) in [6.45, 7) is 8.70.